The van der Waals surface area contributed by atoms with Crippen LogP contribution in [-0.4, -0.2) is 46.0 Å². The fraction of sp³-hybridized carbons (Fsp3) is 0.138. The number of nitrogens with one attached hydrogen (secondary N) is 2. The highest BCUT2D eigenvalue weighted by molar-refractivity contribution is 5.95. The summed E-state index contributed by atoms with van der Waals surface area (Å²) in [7, 11) is 4.42. The van der Waals surface area contributed by atoms with Crippen molar-refractivity contribution in [2.75, 3.05) is 33.2 Å². The van der Waals surface area contributed by atoms with Gasteiger partial charge in [0, 0.05) is 11.1 Å². The van der Waals surface area contributed by atoms with E-state index in [1.807, 2.05) is 42.5 Å². The number of hydrogen-bond acceptors (Lipinski definition) is 8. The van der Waals surface area contributed by atoms with E-state index in [1.165, 1.54) is 39.7 Å². The third-order valence-corrected chi connectivity index (χ3v) is 5.62. The minimum absolute atomic E-state index is 0.0706. The maximum atomic E-state index is 12.7. The molecule has 0 atom stereocenters. The van der Waals surface area contributed by atoms with Gasteiger partial charge in [-0.1, -0.05) is 36.4 Å². The second-order valence-corrected chi connectivity index (χ2v) is 8.05. The molecular formula is C29H27N3O6. The number of carbonyl (C=O) groups excluding carboxylic acids is 2. The smallest absolute Gasteiger partial charge is 0.343 e. The Morgan fingerprint density at radius 1 is 0.842 bits per heavy atom. The molecule has 2 N–H and O–H groups in total. The van der Waals surface area contributed by atoms with E-state index in [0.717, 1.165) is 16.5 Å². The van der Waals surface area contributed by atoms with Gasteiger partial charge < -0.3 is 24.3 Å². The number of rotatable bonds is 10. The molecule has 0 heterocycles. The average Bonchev–Trinajstić information content (AvgIpc) is 2.96. The van der Waals surface area contributed by atoms with Crippen LogP contribution in [0.2, 0.25) is 0 Å². The van der Waals surface area contributed by atoms with Gasteiger partial charge in [0.25, 0.3) is 5.91 Å². The minimum Gasteiger partial charge on any atom is -0.493 e. The zero-order valence-corrected chi connectivity index (χ0v) is 21.2. The second-order valence-electron chi connectivity index (χ2n) is 8.05. The van der Waals surface area contributed by atoms with E-state index >= 15 is 0 Å². The SMILES string of the molecule is COc1cc(C(=O)Oc2ccc(/C=N/NC(=O)CNc3cccc4ccccc34)cc2)cc(OC)c1OC. The summed E-state index contributed by atoms with van der Waals surface area (Å²) >= 11 is 0. The highest BCUT2D eigenvalue weighted by atomic mass is 16.5. The molecule has 9 heteroatoms. The summed E-state index contributed by atoms with van der Waals surface area (Å²) in [6, 6.07) is 23.5. The molecule has 0 bridgehead atoms. The lowest BCUT2D eigenvalue weighted by Gasteiger charge is -2.13. The van der Waals surface area contributed by atoms with Crippen LogP contribution in [-0.2, 0) is 4.79 Å². The summed E-state index contributed by atoms with van der Waals surface area (Å²) in [5.41, 5.74) is 4.32. The Kier molecular flexibility index (Phi) is 8.40. The number of fused-ring (bicyclic) bond motifs is 1. The van der Waals surface area contributed by atoms with E-state index in [9.17, 15) is 9.59 Å². The van der Waals surface area contributed by atoms with Gasteiger partial charge in [0.1, 0.15) is 5.75 Å². The lowest BCUT2D eigenvalue weighted by Crippen LogP contribution is -2.25. The predicted molar refractivity (Wildman–Crippen MR) is 146 cm³/mol. The maximum absolute atomic E-state index is 12.7. The largest absolute Gasteiger partial charge is 0.493 e. The van der Waals surface area contributed by atoms with E-state index in [2.05, 4.69) is 15.8 Å². The summed E-state index contributed by atoms with van der Waals surface area (Å²) in [4.78, 5) is 24.9. The van der Waals surface area contributed by atoms with Crippen molar-refractivity contribution in [1.29, 1.82) is 0 Å². The molecule has 0 spiro atoms. The summed E-state index contributed by atoms with van der Waals surface area (Å²) in [6.45, 7) is 0.0706. The number of carbonyl (C=O) groups is 2. The Labute approximate surface area is 220 Å². The number of benzene rings is 4. The van der Waals surface area contributed by atoms with Crippen LogP contribution in [0.4, 0.5) is 5.69 Å². The molecule has 9 nitrogen and oxygen atoms in total. The number of hydrazone groups is 1. The van der Waals surface area contributed by atoms with Crippen LogP contribution in [0.15, 0.2) is 84.0 Å². The van der Waals surface area contributed by atoms with Crippen molar-refractivity contribution in [3.05, 3.63) is 90.0 Å². The summed E-state index contributed by atoms with van der Waals surface area (Å²) in [6.07, 6.45) is 1.50. The summed E-state index contributed by atoms with van der Waals surface area (Å²) in [5, 5.41) is 9.27. The van der Waals surface area contributed by atoms with Gasteiger partial charge in [0.2, 0.25) is 5.75 Å². The Morgan fingerprint density at radius 2 is 1.53 bits per heavy atom. The highest BCUT2D eigenvalue weighted by Crippen LogP contribution is 2.38. The zero-order valence-electron chi connectivity index (χ0n) is 21.2. The molecule has 1 amide bonds. The molecule has 4 aromatic rings. The van der Waals surface area contributed by atoms with E-state index in [0.29, 0.717) is 28.6 Å². The van der Waals surface area contributed by atoms with Crippen molar-refractivity contribution < 1.29 is 28.5 Å². The average molecular weight is 514 g/mol. The quantitative estimate of drug-likeness (QED) is 0.138. The van der Waals surface area contributed by atoms with Gasteiger partial charge in [-0.25, -0.2) is 10.2 Å². The fourth-order valence-corrected chi connectivity index (χ4v) is 3.76. The van der Waals surface area contributed by atoms with E-state index < -0.39 is 5.97 Å². The molecule has 4 aromatic carbocycles. The van der Waals surface area contributed by atoms with Crippen LogP contribution >= 0.6 is 0 Å². The molecule has 0 unspecified atom stereocenters. The lowest BCUT2D eigenvalue weighted by molar-refractivity contribution is -0.119. The first kappa shape index (κ1) is 26.0. The fourth-order valence-electron chi connectivity index (χ4n) is 3.76. The number of esters is 1. The van der Waals surface area contributed by atoms with E-state index in [1.54, 1.807) is 24.3 Å². The van der Waals surface area contributed by atoms with Crippen LogP contribution in [0, 0.1) is 0 Å². The Hall–Kier alpha value is -5.05. The Morgan fingerprint density at radius 3 is 2.21 bits per heavy atom. The van der Waals surface area contributed by atoms with Gasteiger partial charge in [0.05, 0.1) is 39.7 Å². The molecule has 0 radical (unpaired) electrons. The van der Waals surface area contributed by atoms with Crippen LogP contribution in [0.25, 0.3) is 10.8 Å². The first-order valence-corrected chi connectivity index (χ1v) is 11.7. The first-order chi connectivity index (χ1) is 18.5. The third-order valence-electron chi connectivity index (χ3n) is 5.62. The van der Waals surface area contributed by atoms with E-state index in [-0.39, 0.29) is 18.0 Å². The number of anilines is 1. The number of amides is 1. The molecule has 0 saturated carbocycles. The lowest BCUT2D eigenvalue weighted by atomic mass is 10.1. The molecule has 0 saturated heterocycles. The molecule has 4 rings (SSSR count). The third kappa shape index (κ3) is 6.19. The molecule has 0 aliphatic carbocycles. The molecule has 194 valence electrons. The second kappa shape index (κ2) is 12.3. The highest BCUT2D eigenvalue weighted by Gasteiger charge is 2.18. The van der Waals surface area contributed by atoms with Gasteiger partial charge in [-0.3, -0.25) is 4.79 Å². The number of methoxy groups -OCH3 is 3. The van der Waals surface area contributed by atoms with Gasteiger partial charge in [-0.05, 0) is 53.4 Å². The Balaban J connectivity index is 1.31. The van der Waals surface area contributed by atoms with Crippen molar-refractivity contribution in [2.24, 2.45) is 5.10 Å². The molecule has 0 aliphatic heterocycles. The zero-order chi connectivity index (χ0) is 26.9. The predicted octanol–water partition coefficient (Wildman–Crippen LogP) is 4.65. The van der Waals surface area contributed by atoms with Crippen molar-refractivity contribution in [3.8, 4) is 23.0 Å². The summed E-state index contributed by atoms with van der Waals surface area (Å²) < 4.78 is 21.3. The molecular weight excluding hydrogens is 486 g/mol. The minimum atomic E-state index is -0.586. The van der Waals surface area contributed by atoms with Gasteiger partial charge in [-0.15, -0.1) is 0 Å². The van der Waals surface area contributed by atoms with Crippen LogP contribution in [0.5, 0.6) is 23.0 Å². The molecule has 0 fully saturated rings. The number of ether oxygens (including phenoxy) is 4. The van der Waals surface area contributed by atoms with Crippen LogP contribution in [0.3, 0.4) is 0 Å². The topological polar surface area (TPSA) is 107 Å². The van der Waals surface area contributed by atoms with Crippen LogP contribution in [0.1, 0.15) is 15.9 Å². The van der Waals surface area contributed by atoms with Gasteiger partial charge >= 0.3 is 5.97 Å². The van der Waals surface area contributed by atoms with Crippen LogP contribution < -0.4 is 29.7 Å². The van der Waals surface area contributed by atoms with Gasteiger partial charge in [0.15, 0.2) is 11.5 Å². The van der Waals surface area contributed by atoms with Crippen molar-refractivity contribution in [3.63, 3.8) is 0 Å². The normalized spacial score (nSPS) is 10.7. The van der Waals surface area contributed by atoms with Gasteiger partial charge in [-0.2, -0.15) is 5.10 Å². The van der Waals surface area contributed by atoms with Crippen molar-refractivity contribution in [1.82, 2.24) is 5.43 Å². The van der Waals surface area contributed by atoms with E-state index in [4.69, 9.17) is 18.9 Å². The molecule has 38 heavy (non-hydrogen) atoms. The monoisotopic (exact) mass is 513 g/mol. The first-order valence-electron chi connectivity index (χ1n) is 11.7. The number of nitrogens with zero attached hydrogens (tertiary/aromatic N) is 1. The maximum Gasteiger partial charge on any atom is 0.343 e. The summed E-state index contributed by atoms with van der Waals surface area (Å²) in [5.74, 6) is 0.539. The van der Waals surface area contributed by atoms with Crippen molar-refractivity contribution >= 4 is 34.6 Å². The van der Waals surface area contributed by atoms with Crippen molar-refractivity contribution in [2.45, 2.75) is 0 Å². The Bertz CT molecular complexity index is 1440. The molecule has 0 aliphatic rings. The standard InChI is InChI=1S/C29H27N3O6/c1-35-25-15-21(16-26(36-2)28(25)37-3)29(34)38-22-13-11-19(12-14-22)17-31-32-27(33)18-30-24-10-6-8-20-7-4-5-9-23(20)24/h4-17,30H,18H2,1-3H3,(H,32,33)/b31-17+. The number of hydrogen-bond donors (Lipinski definition) is 2. The molecule has 0 aromatic heterocycles.